The number of halogens is 1. The highest BCUT2D eigenvalue weighted by atomic mass is 35.5. The van der Waals surface area contributed by atoms with Crippen LogP contribution in [0.3, 0.4) is 0 Å². The maximum Gasteiger partial charge on any atom is 0.231 e. The highest BCUT2D eigenvalue weighted by molar-refractivity contribution is 7.09. The second-order valence-electron chi connectivity index (χ2n) is 5.47. The van der Waals surface area contributed by atoms with Crippen LogP contribution in [0.5, 0.6) is 0 Å². The maximum atomic E-state index is 12.5. The van der Waals surface area contributed by atoms with Gasteiger partial charge in [0.25, 0.3) is 0 Å². The van der Waals surface area contributed by atoms with Crippen molar-refractivity contribution >= 4 is 35.3 Å². The van der Waals surface area contributed by atoms with Crippen molar-refractivity contribution in [1.82, 2.24) is 4.98 Å². The van der Waals surface area contributed by atoms with Crippen LogP contribution in [0.4, 0.5) is 5.69 Å². The number of carbonyl (C=O) groups excluding carboxylic acids is 1. The van der Waals surface area contributed by atoms with E-state index in [-0.39, 0.29) is 18.3 Å². The van der Waals surface area contributed by atoms with E-state index >= 15 is 0 Å². The monoisotopic (exact) mass is 353 g/mol. The molecule has 2 rings (SSSR count). The number of rotatable bonds is 6. The SMILES string of the molecule is CCC(CC)(CN)C(=O)Nc1ccc(-c2csc(C)n2)cc1.Cl. The van der Waals surface area contributed by atoms with Crippen molar-refractivity contribution in [2.24, 2.45) is 11.1 Å². The zero-order chi connectivity index (χ0) is 16.2. The third kappa shape index (κ3) is 4.31. The van der Waals surface area contributed by atoms with Crippen LogP contribution in [0.25, 0.3) is 11.3 Å². The van der Waals surface area contributed by atoms with Gasteiger partial charge in [-0.1, -0.05) is 26.0 Å². The van der Waals surface area contributed by atoms with Gasteiger partial charge in [0.15, 0.2) is 0 Å². The predicted molar refractivity (Wildman–Crippen MR) is 100 cm³/mol. The average molecular weight is 354 g/mol. The van der Waals surface area contributed by atoms with E-state index in [4.69, 9.17) is 5.73 Å². The van der Waals surface area contributed by atoms with Gasteiger partial charge in [0.2, 0.25) is 5.91 Å². The van der Waals surface area contributed by atoms with Crippen molar-refractivity contribution in [1.29, 1.82) is 0 Å². The number of hydrogen-bond donors (Lipinski definition) is 2. The van der Waals surface area contributed by atoms with Gasteiger partial charge in [-0.15, -0.1) is 23.7 Å². The van der Waals surface area contributed by atoms with Crippen LogP contribution in [0.1, 0.15) is 31.7 Å². The van der Waals surface area contributed by atoms with Crippen LogP contribution in [0.15, 0.2) is 29.6 Å². The van der Waals surface area contributed by atoms with Crippen LogP contribution >= 0.6 is 23.7 Å². The van der Waals surface area contributed by atoms with E-state index in [1.807, 2.05) is 50.4 Å². The standard InChI is InChI=1S/C17H23N3OS.ClH/c1-4-17(5-2,11-18)16(21)20-14-8-6-13(7-9-14)15-10-22-12(3)19-15;/h6-10H,4-5,11,18H2,1-3H3,(H,20,21);1H. The summed E-state index contributed by atoms with van der Waals surface area (Å²) in [7, 11) is 0. The smallest absolute Gasteiger partial charge is 0.231 e. The molecular weight excluding hydrogens is 330 g/mol. The van der Waals surface area contributed by atoms with Crippen molar-refractivity contribution < 1.29 is 4.79 Å². The molecule has 0 bridgehead atoms. The Morgan fingerprint density at radius 3 is 2.30 bits per heavy atom. The first-order chi connectivity index (χ1) is 10.5. The molecule has 6 heteroatoms. The number of benzene rings is 1. The molecule has 0 saturated carbocycles. The molecule has 0 unspecified atom stereocenters. The lowest BCUT2D eigenvalue weighted by atomic mass is 9.81. The summed E-state index contributed by atoms with van der Waals surface area (Å²) in [4.78, 5) is 16.9. The normalized spacial score (nSPS) is 11.0. The second-order valence-corrected chi connectivity index (χ2v) is 6.54. The van der Waals surface area contributed by atoms with Crippen LogP contribution in [0.2, 0.25) is 0 Å². The zero-order valence-corrected chi connectivity index (χ0v) is 15.4. The summed E-state index contributed by atoms with van der Waals surface area (Å²) in [6.45, 7) is 6.36. The molecule has 0 fully saturated rings. The molecule has 4 nitrogen and oxygen atoms in total. The van der Waals surface area contributed by atoms with Gasteiger partial charge in [-0.05, 0) is 31.9 Å². The molecule has 1 aromatic carbocycles. The molecule has 0 saturated heterocycles. The summed E-state index contributed by atoms with van der Waals surface area (Å²) in [5.41, 5.74) is 8.15. The number of nitrogens with zero attached hydrogens (tertiary/aromatic N) is 1. The molecule has 1 amide bonds. The lowest BCUT2D eigenvalue weighted by Crippen LogP contribution is -2.41. The number of nitrogens with one attached hydrogen (secondary N) is 1. The average Bonchev–Trinajstić information content (AvgIpc) is 2.97. The largest absolute Gasteiger partial charge is 0.329 e. The molecule has 0 radical (unpaired) electrons. The van der Waals surface area contributed by atoms with E-state index < -0.39 is 5.41 Å². The van der Waals surface area contributed by atoms with E-state index in [9.17, 15) is 4.79 Å². The third-order valence-corrected chi connectivity index (χ3v) is 5.06. The molecule has 0 atom stereocenters. The number of aryl methyl sites for hydroxylation is 1. The van der Waals surface area contributed by atoms with E-state index in [1.165, 1.54) is 0 Å². The van der Waals surface area contributed by atoms with E-state index in [0.29, 0.717) is 6.54 Å². The van der Waals surface area contributed by atoms with Gasteiger partial charge < -0.3 is 11.1 Å². The first-order valence-electron chi connectivity index (χ1n) is 7.58. The van der Waals surface area contributed by atoms with Crippen molar-refractivity contribution in [3.63, 3.8) is 0 Å². The summed E-state index contributed by atoms with van der Waals surface area (Å²) in [5, 5.41) is 6.07. The van der Waals surface area contributed by atoms with Gasteiger partial charge in [0.05, 0.1) is 16.1 Å². The molecule has 23 heavy (non-hydrogen) atoms. The Morgan fingerprint density at radius 2 is 1.87 bits per heavy atom. The Balaban J connectivity index is 0.00000264. The number of amides is 1. The predicted octanol–water partition coefficient (Wildman–Crippen LogP) is 4.24. The highest BCUT2D eigenvalue weighted by Gasteiger charge is 2.33. The third-order valence-electron chi connectivity index (χ3n) is 4.28. The molecule has 1 heterocycles. The summed E-state index contributed by atoms with van der Waals surface area (Å²) < 4.78 is 0. The van der Waals surface area contributed by atoms with Gasteiger partial charge in [-0.25, -0.2) is 4.98 Å². The minimum atomic E-state index is -0.481. The number of aromatic nitrogens is 1. The first-order valence-corrected chi connectivity index (χ1v) is 8.46. The fraction of sp³-hybridized carbons (Fsp3) is 0.412. The van der Waals surface area contributed by atoms with Crippen molar-refractivity contribution in [2.75, 3.05) is 11.9 Å². The topological polar surface area (TPSA) is 68.0 Å². The maximum absolute atomic E-state index is 12.5. The van der Waals surface area contributed by atoms with E-state index in [2.05, 4.69) is 10.3 Å². The molecule has 3 N–H and O–H groups in total. The molecule has 1 aromatic heterocycles. The highest BCUT2D eigenvalue weighted by Crippen LogP contribution is 2.28. The summed E-state index contributed by atoms with van der Waals surface area (Å²) in [6.07, 6.45) is 1.48. The van der Waals surface area contributed by atoms with Crippen molar-refractivity contribution in [3.05, 3.63) is 34.7 Å². The minimum Gasteiger partial charge on any atom is -0.329 e. The molecule has 0 aliphatic heterocycles. The van der Waals surface area contributed by atoms with E-state index in [0.717, 1.165) is 34.8 Å². The van der Waals surface area contributed by atoms with Crippen LogP contribution in [-0.2, 0) is 4.79 Å². The van der Waals surface area contributed by atoms with Crippen molar-refractivity contribution in [2.45, 2.75) is 33.6 Å². The number of carbonyl (C=O) groups is 1. The number of anilines is 1. The molecule has 0 aliphatic rings. The Kier molecular flexibility index (Phi) is 7.19. The number of thiazole rings is 1. The summed E-state index contributed by atoms with van der Waals surface area (Å²) in [6, 6.07) is 7.78. The van der Waals surface area contributed by atoms with Crippen LogP contribution in [0, 0.1) is 12.3 Å². The molecule has 126 valence electrons. The van der Waals surface area contributed by atoms with Crippen molar-refractivity contribution in [3.8, 4) is 11.3 Å². The quantitative estimate of drug-likeness (QED) is 0.815. The van der Waals surface area contributed by atoms with Gasteiger partial charge in [-0.2, -0.15) is 0 Å². The number of hydrogen-bond acceptors (Lipinski definition) is 4. The molecular formula is C17H24ClN3OS. The summed E-state index contributed by atoms with van der Waals surface area (Å²) >= 11 is 1.63. The molecule has 0 spiro atoms. The van der Waals surface area contributed by atoms with E-state index in [1.54, 1.807) is 11.3 Å². The fourth-order valence-electron chi connectivity index (χ4n) is 2.44. The summed E-state index contributed by atoms with van der Waals surface area (Å²) in [5.74, 6) is -0.00254. The zero-order valence-electron chi connectivity index (χ0n) is 13.8. The lowest BCUT2D eigenvalue weighted by molar-refractivity contribution is -0.125. The Bertz CT molecular complexity index is 627. The number of nitrogens with two attached hydrogens (primary N) is 1. The fourth-order valence-corrected chi connectivity index (χ4v) is 3.06. The van der Waals surface area contributed by atoms with Crippen LogP contribution < -0.4 is 11.1 Å². The first kappa shape index (κ1) is 19.6. The molecule has 0 aliphatic carbocycles. The minimum absolute atomic E-state index is 0. The molecule has 2 aromatic rings. The lowest BCUT2D eigenvalue weighted by Gasteiger charge is -2.28. The Hall–Kier alpha value is -1.43. The second kappa shape index (κ2) is 8.43. The Morgan fingerprint density at radius 1 is 1.26 bits per heavy atom. The van der Waals surface area contributed by atoms with Gasteiger partial charge in [-0.3, -0.25) is 4.79 Å². The van der Waals surface area contributed by atoms with Gasteiger partial charge in [0, 0.05) is 23.2 Å². The van der Waals surface area contributed by atoms with Gasteiger partial charge >= 0.3 is 0 Å². The van der Waals surface area contributed by atoms with Crippen LogP contribution in [-0.4, -0.2) is 17.4 Å². The Labute approximate surface area is 147 Å². The van der Waals surface area contributed by atoms with Gasteiger partial charge in [0.1, 0.15) is 0 Å².